The van der Waals surface area contributed by atoms with E-state index in [0.29, 0.717) is 12.3 Å². The molecule has 1 unspecified atom stereocenters. The summed E-state index contributed by atoms with van der Waals surface area (Å²) < 4.78 is 13.2. The van der Waals surface area contributed by atoms with Crippen LogP contribution in [0.3, 0.4) is 0 Å². The molecule has 98 valence electrons. The van der Waals surface area contributed by atoms with Crippen LogP contribution in [0.4, 0.5) is 0 Å². The first kappa shape index (κ1) is 12.2. The SMILES string of the molecule is Cn1nc(C#N)c2c(C3COC(C)(C)O3)cccc21. The summed E-state index contributed by atoms with van der Waals surface area (Å²) >= 11 is 0. The zero-order chi connectivity index (χ0) is 13.6. The number of nitriles is 1. The van der Waals surface area contributed by atoms with Gasteiger partial charge in [-0.25, -0.2) is 0 Å². The first-order valence-electron chi connectivity index (χ1n) is 6.19. The monoisotopic (exact) mass is 257 g/mol. The maximum atomic E-state index is 9.22. The molecule has 2 heterocycles. The molecule has 0 N–H and O–H groups in total. The Morgan fingerprint density at radius 3 is 2.89 bits per heavy atom. The highest BCUT2D eigenvalue weighted by atomic mass is 16.7. The zero-order valence-corrected chi connectivity index (χ0v) is 11.2. The van der Waals surface area contributed by atoms with Gasteiger partial charge in [-0.1, -0.05) is 12.1 Å². The summed E-state index contributed by atoms with van der Waals surface area (Å²) in [6, 6.07) is 8.03. The van der Waals surface area contributed by atoms with Crippen molar-refractivity contribution in [3.63, 3.8) is 0 Å². The lowest BCUT2D eigenvalue weighted by Crippen LogP contribution is -2.19. The molecule has 0 spiro atoms. The standard InChI is InChI=1S/C14H15N3O2/c1-14(2)18-8-12(19-14)9-5-4-6-11-13(9)10(7-15)16-17(11)3/h4-6,12H,8H2,1-3H3. The Morgan fingerprint density at radius 2 is 2.26 bits per heavy atom. The lowest BCUT2D eigenvalue weighted by atomic mass is 10.0. The molecule has 1 aromatic carbocycles. The minimum atomic E-state index is -0.582. The van der Waals surface area contributed by atoms with E-state index in [4.69, 9.17) is 9.47 Å². The Labute approximate surface area is 111 Å². The van der Waals surface area contributed by atoms with Crippen LogP contribution >= 0.6 is 0 Å². The molecule has 1 saturated heterocycles. The van der Waals surface area contributed by atoms with Gasteiger partial charge in [0.05, 0.1) is 12.1 Å². The number of benzene rings is 1. The molecule has 19 heavy (non-hydrogen) atoms. The first-order valence-corrected chi connectivity index (χ1v) is 6.19. The quantitative estimate of drug-likeness (QED) is 0.786. The van der Waals surface area contributed by atoms with Gasteiger partial charge in [-0.05, 0) is 25.5 Å². The minimum absolute atomic E-state index is 0.157. The van der Waals surface area contributed by atoms with Crippen molar-refractivity contribution in [2.24, 2.45) is 7.05 Å². The van der Waals surface area contributed by atoms with Crippen LogP contribution in [-0.4, -0.2) is 22.2 Å². The molecule has 0 aliphatic carbocycles. The van der Waals surface area contributed by atoms with Crippen molar-refractivity contribution in [1.82, 2.24) is 9.78 Å². The number of rotatable bonds is 1. The van der Waals surface area contributed by atoms with Gasteiger partial charge in [0.25, 0.3) is 0 Å². The second kappa shape index (κ2) is 4.05. The molecule has 5 heteroatoms. The molecule has 0 amide bonds. The van der Waals surface area contributed by atoms with E-state index in [1.807, 2.05) is 39.1 Å². The van der Waals surface area contributed by atoms with Gasteiger partial charge in [-0.15, -0.1) is 0 Å². The Hall–Kier alpha value is -1.90. The molecule has 1 aliphatic rings. The van der Waals surface area contributed by atoms with Gasteiger partial charge in [0.1, 0.15) is 12.2 Å². The average molecular weight is 257 g/mol. The molecule has 5 nitrogen and oxygen atoms in total. The van der Waals surface area contributed by atoms with Crippen molar-refractivity contribution in [1.29, 1.82) is 5.26 Å². The van der Waals surface area contributed by atoms with Gasteiger partial charge >= 0.3 is 0 Å². The lowest BCUT2D eigenvalue weighted by Gasteiger charge is -2.17. The number of fused-ring (bicyclic) bond motifs is 1. The lowest BCUT2D eigenvalue weighted by molar-refractivity contribution is -0.138. The van der Waals surface area contributed by atoms with Crippen molar-refractivity contribution < 1.29 is 9.47 Å². The summed E-state index contributed by atoms with van der Waals surface area (Å²) in [5.41, 5.74) is 2.33. The van der Waals surface area contributed by atoms with E-state index in [-0.39, 0.29) is 6.10 Å². The topological polar surface area (TPSA) is 60.1 Å². The summed E-state index contributed by atoms with van der Waals surface area (Å²) in [4.78, 5) is 0. The van der Waals surface area contributed by atoms with Gasteiger partial charge in [-0.3, -0.25) is 4.68 Å². The van der Waals surface area contributed by atoms with Crippen LogP contribution in [-0.2, 0) is 16.5 Å². The zero-order valence-electron chi connectivity index (χ0n) is 11.2. The van der Waals surface area contributed by atoms with Crippen LogP contribution in [0.15, 0.2) is 18.2 Å². The van der Waals surface area contributed by atoms with Crippen molar-refractivity contribution in [2.45, 2.75) is 25.7 Å². The molecule has 0 saturated carbocycles. The van der Waals surface area contributed by atoms with E-state index < -0.39 is 5.79 Å². The number of hydrogen-bond acceptors (Lipinski definition) is 4. The second-order valence-electron chi connectivity index (χ2n) is 5.14. The highest BCUT2D eigenvalue weighted by Crippen LogP contribution is 2.36. The fourth-order valence-corrected chi connectivity index (χ4v) is 2.53. The Kier molecular flexibility index (Phi) is 2.59. The van der Waals surface area contributed by atoms with Crippen LogP contribution in [0.25, 0.3) is 10.9 Å². The molecule has 1 fully saturated rings. The van der Waals surface area contributed by atoms with Crippen molar-refractivity contribution in [3.05, 3.63) is 29.5 Å². The summed E-state index contributed by atoms with van der Waals surface area (Å²) in [6.45, 7) is 4.27. The maximum Gasteiger partial charge on any atom is 0.170 e. The van der Waals surface area contributed by atoms with Crippen LogP contribution in [0.1, 0.15) is 31.2 Å². The average Bonchev–Trinajstić information content (AvgIpc) is 2.90. The van der Waals surface area contributed by atoms with Crippen LogP contribution < -0.4 is 0 Å². The van der Waals surface area contributed by atoms with Crippen LogP contribution in [0, 0.1) is 11.3 Å². The molecular formula is C14H15N3O2. The summed E-state index contributed by atoms with van der Waals surface area (Å²) in [7, 11) is 1.84. The predicted molar refractivity (Wildman–Crippen MR) is 69.3 cm³/mol. The predicted octanol–water partition coefficient (Wildman–Crippen LogP) is 2.27. The normalized spacial score (nSPS) is 21.7. The van der Waals surface area contributed by atoms with Crippen molar-refractivity contribution in [3.8, 4) is 6.07 Å². The number of ether oxygens (including phenoxy) is 2. The minimum Gasteiger partial charge on any atom is -0.347 e. The third-order valence-electron chi connectivity index (χ3n) is 3.37. The van der Waals surface area contributed by atoms with E-state index in [9.17, 15) is 5.26 Å². The fourth-order valence-electron chi connectivity index (χ4n) is 2.53. The molecule has 1 atom stereocenters. The largest absolute Gasteiger partial charge is 0.347 e. The first-order chi connectivity index (χ1) is 9.02. The summed E-state index contributed by atoms with van der Waals surface area (Å²) in [5.74, 6) is -0.582. The summed E-state index contributed by atoms with van der Waals surface area (Å²) in [6.07, 6.45) is -0.157. The number of hydrogen-bond donors (Lipinski definition) is 0. The molecule has 1 aromatic heterocycles. The van der Waals surface area contributed by atoms with Crippen molar-refractivity contribution in [2.75, 3.05) is 6.61 Å². The van der Waals surface area contributed by atoms with E-state index >= 15 is 0 Å². The molecule has 1 aliphatic heterocycles. The van der Waals surface area contributed by atoms with Crippen LogP contribution in [0.2, 0.25) is 0 Å². The maximum absolute atomic E-state index is 9.22. The highest BCUT2D eigenvalue weighted by molar-refractivity contribution is 5.88. The third kappa shape index (κ3) is 1.89. The molecule has 0 bridgehead atoms. The van der Waals surface area contributed by atoms with Gasteiger partial charge < -0.3 is 9.47 Å². The summed E-state index contributed by atoms with van der Waals surface area (Å²) in [5, 5.41) is 14.3. The van der Waals surface area contributed by atoms with Crippen LogP contribution in [0.5, 0.6) is 0 Å². The third-order valence-corrected chi connectivity index (χ3v) is 3.37. The van der Waals surface area contributed by atoms with Gasteiger partial charge in [-0.2, -0.15) is 10.4 Å². The number of aromatic nitrogens is 2. The second-order valence-corrected chi connectivity index (χ2v) is 5.14. The van der Waals surface area contributed by atoms with Gasteiger partial charge in [0, 0.05) is 12.4 Å². The van der Waals surface area contributed by atoms with E-state index in [1.165, 1.54) is 0 Å². The Balaban J connectivity index is 2.17. The van der Waals surface area contributed by atoms with E-state index in [2.05, 4.69) is 11.2 Å². The molecule has 3 rings (SSSR count). The smallest absolute Gasteiger partial charge is 0.170 e. The van der Waals surface area contributed by atoms with Gasteiger partial charge in [0.15, 0.2) is 11.5 Å². The van der Waals surface area contributed by atoms with E-state index in [0.717, 1.165) is 16.5 Å². The fraction of sp³-hybridized carbons (Fsp3) is 0.429. The molecule has 0 radical (unpaired) electrons. The molecule has 2 aromatic rings. The highest BCUT2D eigenvalue weighted by Gasteiger charge is 2.35. The van der Waals surface area contributed by atoms with Gasteiger partial charge in [0.2, 0.25) is 0 Å². The Bertz CT molecular complexity index is 682. The van der Waals surface area contributed by atoms with E-state index in [1.54, 1.807) is 4.68 Å². The number of aryl methyl sites for hydroxylation is 1. The molecular weight excluding hydrogens is 242 g/mol. The van der Waals surface area contributed by atoms with Crippen molar-refractivity contribution >= 4 is 10.9 Å². The Morgan fingerprint density at radius 1 is 1.47 bits per heavy atom. The number of nitrogens with zero attached hydrogens (tertiary/aromatic N) is 3.